The molecule has 0 atom stereocenters. The quantitative estimate of drug-likeness (QED) is 0.229. The van der Waals surface area contributed by atoms with Crippen LogP contribution in [0, 0.1) is 0 Å². The summed E-state index contributed by atoms with van der Waals surface area (Å²) in [6.45, 7) is 0. The second kappa shape index (κ2) is 12.0. The molecular weight excluding hydrogens is 466 g/mol. The molecule has 0 heterocycles. The number of rotatable bonds is 9. The van der Waals surface area contributed by atoms with Gasteiger partial charge in [-0.05, 0) is 48.2 Å². The van der Waals surface area contributed by atoms with E-state index < -0.39 is 35.3 Å². The molecule has 2 amide bonds. The molecule has 0 saturated carbocycles. The molecule has 6 nitrogen and oxygen atoms in total. The number of hydrogen-bond acceptors (Lipinski definition) is 4. The van der Waals surface area contributed by atoms with Crippen LogP contribution in [-0.4, -0.2) is 24.2 Å². The lowest BCUT2D eigenvalue weighted by Gasteiger charge is -2.05. The molecule has 0 aliphatic carbocycles. The van der Waals surface area contributed by atoms with Gasteiger partial charge in [-0.3, -0.25) is 9.59 Å². The van der Waals surface area contributed by atoms with Crippen LogP contribution >= 0.6 is 0 Å². The minimum atomic E-state index is -4.43. The van der Waals surface area contributed by atoms with Crippen LogP contribution in [0.5, 0.6) is 0 Å². The van der Waals surface area contributed by atoms with Crippen LogP contribution < -0.4 is 10.9 Å². The lowest BCUT2D eigenvalue weighted by molar-refractivity contribution is -0.138. The van der Waals surface area contributed by atoms with E-state index in [1.807, 2.05) is 0 Å². The molecule has 0 spiro atoms. The Morgan fingerprint density at radius 2 is 0.971 bits per heavy atom. The zero-order chi connectivity index (χ0) is 25.2. The summed E-state index contributed by atoms with van der Waals surface area (Å²) in [6.07, 6.45) is -5.55. The first-order valence-electron chi connectivity index (χ1n) is 9.93. The van der Waals surface area contributed by atoms with E-state index in [1.54, 1.807) is 0 Å². The van der Waals surface area contributed by atoms with Gasteiger partial charge in [-0.2, -0.15) is 36.5 Å². The maximum Gasteiger partial charge on any atom is 0.416 e. The highest BCUT2D eigenvalue weighted by atomic mass is 19.4. The van der Waals surface area contributed by atoms with Gasteiger partial charge in [0, 0.05) is 12.8 Å². The maximum atomic E-state index is 12.5. The monoisotopic (exact) mass is 486 g/mol. The number of nitrogens with zero attached hydrogens (tertiary/aromatic N) is 2. The van der Waals surface area contributed by atoms with Crippen LogP contribution in [0.1, 0.15) is 47.9 Å². The van der Waals surface area contributed by atoms with E-state index in [0.717, 1.165) is 24.3 Å². The average molecular weight is 486 g/mol. The van der Waals surface area contributed by atoms with Gasteiger partial charge >= 0.3 is 12.4 Å². The molecule has 0 fully saturated rings. The van der Waals surface area contributed by atoms with Crippen LogP contribution in [0.2, 0.25) is 0 Å². The maximum absolute atomic E-state index is 12.5. The second-order valence-corrected chi connectivity index (χ2v) is 7.03. The Bertz CT molecular complexity index is 930. The number of halogens is 6. The molecule has 0 saturated heterocycles. The van der Waals surface area contributed by atoms with Gasteiger partial charge in [-0.1, -0.05) is 24.3 Å². The normalized spacial score (nSPS) is 12.3. The molecule has 0 radical (unpaired) electrons. The Morgan fingerprint density at radius 3 is 1.26 bits per heavy atom. The van der Waals surface area contributed by atoms with Crippen molar-refractivity contribution in [1.29, 1.82) is 0 Å². The highest BCUT2D eigenvalue weighted by Gasteiger charge is 2.30. The average Bonchev–Trinajstić information content (AvgIpc) is 2.76. The van der Waals surface area contributed by atoms with Crippen molar-refractivity contribution < 1.29 is 35.9 Å². The summed E-state index contributed by atoms with van der Waals surface area (Å²) in [5.41, 5.74) is 3.66. The standard InChI is InChI=1S/C22H20F6N4O2/c23-21(24,25)17-9-5-15(6-10-17)13-29-31-19(33)3-1-2-4-20(34)32-30-14-16-7-11-18(12-8-16)22(26,27)28/h5-14H,1-4H2,(H,31,33)(H,32,34). The van der Waals surface area contributed by atoms with Crippen molar-refractivity contribution in [2.45, 2.75) is 38.0 Å². The first kappa shape index (κ1) is 26.6. The molecule has 34 heavy (non-hydrogen) atoms. The van der Waals surface area contributed by atoms with Crippen LogP contribution in [0.25, 0.3) is 0 Å². The summed E-state index contributed by atoms with van der Waals surface area (Å²) < 4.78 is 75.0. The minimum Gasteiger partial charge on any atom is -0.273 e. The van der Waals surface area contributed by atoms with E-state index in [0.29, 0.717) is 24.0 Å². The molecule has 2 N–H and O–H groups in total. The van der Waals surface area contributed by atoms with Crippen LogP contribution in [0.3, 0.4) is 0 Å². The number of nitrogens with one attached hydrogen (secondary N) is 2. The fourth-order valence-electron chi connectivity index (χ4n) is 2.56. The van der Waals surface area contributed by atoms with Crippen molar-refractivity contribution >= 4 is 24.2 Å². The fourth-order valence-corrected chi connectivity index (χ4v) is 2.56. The molecule has 0 aromatic heterocycles. The van der Waals surface area contributed by atoms with Gasteiger partial charge in [0.25, 0.3) is 0 Å². The third-order valence-electron chi connectivity index (χ3n) is 4.34. The molecule has 0 aliphatic rings. The number of amides is 2. The first-order chi connectivity index (χ1) is 15.9. The van der Waals surface area contributed by atoms with Crippen LogP contribution in [-0.2, 0) is 21.9 Å². The third-order valence-corrected chi connectivity index (χ3v) is 4.34. The van der Waals surface area contributed by atoms with Gasteiger partial charge in [-0.25, -0.2) is 10.9 Å². The summed E-state index contributed by atoms with van der Waals surface area (Å²) in [7, 11) is 0. The molecule has 12 heteroatoms. The number of hydrazone groups is 2. The number of carbonyl (C=O) groups excluding carboxylic acids is 2. The molecule has 0 aliphatic heterocycles. The lowest BCUT2D eigenvalue weighted by Crippen LogP contribution is -2.19. The van der Waals surface area contributed by atoms with Crippen LogP contribution in [0.4, 0.5) is 26.3 Å². The van der Waals surface area contributed by atoms with Gasteiger partial charge in [0.1, 0.15) is 0 Å². The topological polar surface area (TPSA) is 82.9 Å². The highest BCUT2D eigenvalue weighted by molar-refractivity contribution is 5.83. The third kappa shape index (κ3) is 9.43. The van der Waals surface area contributed by atoms with Gasteiger partial charge in [0.05, 0.1) is 23.6 Å². The summed E-state index contributed by atoms with van der Waals surface area (Å²) in [6, 6.07) is 8.50. The van der Waals surface area contributed by atoms with Crippen molar-refractivity contribution in [2.75, 3.05) is 0 Å². The van der Waals surface area contributed by atoms with Crippen LogP contribution in [0.15, 0.2) is 58.7 Å². The lowest BCUT2D eigenvalue weighted by atomic mass is 10.1. The predicted molar refractivity (Wildman–Crippen MR) is 113 cm³/mol. The summed E-state index contributed by atoms with van der Waals surface area (Å²) in [5.74, 6) is -0.854. The Kier molecular flexibility index (Phi) is 9.34. The Hall–Kier alpha value is -3.70. The Balaban J connectivity index is 1.62. The van der Waals surface area contributed by atoms with Gasteiger partial charge in [0.2, 0.25) is 11.8 Å². The van der Waals surface area contributed by atoms with Gasteiger partial charge in [-0.15, -0.1) is 0 Å². The van der Waals surface area contributed by atoms with E-state index in [4.69, 9.17) is 0 Å². The van der Waals surface area contributed by atoms with E-state index >= 15 is 0 Å². The number of carbonyl (C=O) groups is 2. The largest absolute Gasteiger partial charge is 0.416 e. The van der Waals surface area contributed by atoms with Crippen molar-refractivity contribution in [3.05, 3.63) is 70.8 Å². The Morgan fingerprint density at radius 1 is 0.647 bits per heavy atom. The van der Waals surface area contributed by atoms with E-state index in [-0.39, 0.29) is 12.8 Å². The SMILES string of the molecule is O=C(CCCCC(=O)NN=Cc1ccc(C(F)(F)F)cc1)NN=Cc1ccc(C(F)(F)F)cc1. The zero-order valence-corrected chi connectivity index (χ0v) is 17.6. The van der Waals surface area contributed by atoms with E-state index in [2.05, 4.69) is 21.1 Å². The molecule has 2 aromatic carbocycles. The molecule has 2 aromatic rings. The summed E-state index contributed by atoms with van der Waals surface area (Å²) in [5, 5.41) is 7.34. The summed E-state index contributed by atoms with van der Waals surface area (Å²) >= 11 is 0. The molecule has 0 unspecified atom stereocenters. The molecule has 0 bridgehead atoms. The number of benzene rings is 2. The van der Waals surface area contributed by atoms with Crippen molar-refractivity contribution in [3.8, 4) is 0 Å². The van der Waals surface area contributed by atoms with Crippen molar-refractivity contribution in [2.24, 2.45) is 10.2 Å². The molecule has 182 valence electrons. The zero-order valence-electron chi connectivity index (χ0n) is 17.6. The molecular formula is C22H20F6N4O2. The van der Waals surface area contributed by atoms with Crippen molar-refractivity contribution in [1.82, 2.24) is 10.9 Å². The number of hydrogen-bond donors (Lipinski definition) is 2. The van der Waals surface area contributed by atoms with Crippen molar-refractivity contribution in [3.63, 3.8) is 0 Å². The predicted octanol–water partition coefficient (Wildman–Crippen LogP) is 4.89. The first-order valence-corrected chi connectivity index (χ1v) is 9.93. The smallest absolute Gasteiger partial charge is 0.273 e. The highest BCUT2D eigenvalue weighted by Crippen LogP contribution is 2.29. The minimum absolute atomic E-state index is 0.0758. The number of alkyl halides is 6. The number of unbranched alkanes of at least 4 members (excludes halogenated alkanes) is 1. The molecule has 2 rings (SSSR count). The summed E-state index contributed by atoms with van der Waals surface area (Å²) in [4.78, 5) is 23.4. The van der Waals surface area contributed by atoms with E-state index in [1.165, 1.54) is 36.7 Å². The van der Waals surface area contributed by atoms with Gasteiger partial charge < -0.3 is 0 Å². The Labute approximate surface area is 190 Å². The van der Waals surface area contributed by atoms with Gasteiger partial charge in [0.15, 0.2) is 0 Å². The fraction of sp³-hybridized carbons (Fsp3) is 0.273. The second-order valence-electron chi connectivity index (χ2n) is 7.03. The van der Waals surface area contributed by atoms with E-state index in [9.17, 15) is 35.9 Å².